The molecule has 2 aliphatic heterocycles. The molecule has 8 nitrogen and oxygen atoms in total. The lowest BCUT2D eigenvalue weighted by Crippen LogP contribution is -2.46. The van der Waals surface area contributed by atoms with Gasteiger partial charge in [-0.15, -0.1) is 0 Å². The molecule has 2 amide bonds. The molecule has 2 atom stereocenters. The van der Waals surface area contributed by atoms with Gasteiger partial charge in [-0.2, -0.15) is 0 Å². The number of carbonyl (C=O) groups is 2. The number of rotatable bonds is 7. The SMILES string of the molecule is CC(C)(C)OC(=O)N1CC[C@@H](c2ccc(F)c(C(=O)NCc3c(Cl)cccc3Cl)c2)[C@@H](COc2ccc3c(c2)OCO3)C1. The molecular formula is C32H33Cl2FN2O6. The summed E-state index contributed by atoms with van der Waals surface area (Å²) < 4.78 is 37.6. The smallest absolute Gasteiger partial charge is 0.410 e. The first-order valence-corrected chi connectivity index (χ1v) is 14.7. The molecule has 2 heterocycles. The summed E-state index contributed by atoms with van der Waals surface area (Å²) in [5, 5.41) is 3.54. The van der Waals surface area contributed by atoms with Gasteiger partial charge in [0.2, 0.25) is 6.79 Å². The first-order valence-electron chi connectivity index (χ1n) is 14.0. The van der Waals surface area contributed by atoms with E-state index >= 15 is 0 Å². The number of likely N-dealkylation sites (tertiary alicyclic amines) is 1. The third kappa shape index (κ3) is 7.46. The van der Waals surface area contributed by atoms with Gasteiger partial charge in [-0.25, -0.2) is 9.18 Å². The van der Waals surface area contributed by atoms with Crippen LogP contribution in [0.25, 0.3) is 0 Å². The Morgan fingerprint density at radius 3 is 2.53 bits per heavy atom. The summed E-state index contributed by atoms with van der Waals surface area (Å²) in [6.45, 7) is 6.71. The number of hydrogen-bond acceptors (Lipinski definition) is 6. The van der Waals surface area contributed by atoms with E-state index in [0.717, 1.165) is 5.56 Å². The maximum atomic E-state index is 14.9. The maximum absolute atomic E-state index is 14.9. The quantitative estimate of drug-likeness (QED) is 0.297. The van der Waals surface area contributed by atoms with E-state index in [1.54, 1.807) is 53.4 Å². The van der Waals surface area contributed by atoms with Gasteiger partial charge in [-0.1, -0.05) is 35.3 Å². The van der Waals surface area contributed by atoms with Crippen LogP contribution >= 0.6 is 23.2 Å². The van der Waals surface area contributed by atoms with E-state index in [4.69, 9.17) is 42.1 Å². The molecule has 1 N–H and O–H groups in total. The summed E-state index contributed by atoms with van der Waals surface area (Å²) in [7, 11) is 0. The van der Waals surface area contributed by atoms with Gasteiger partial charge in [0, 0.05) is 47.2 Å². The topological polar surface area (TPSA) is 86.3 Å². The first kappa shape index (κ1) is 30.8. The van der Waals surface area contributed by atoms with Crippen molar-refractivity contribution < 1.29 is 32.9 Å². The van der Waals surface area contributed by atoms with Crippen LogP contribution in [0.1, 0.15) is 54.6 Å². The molecule has 3 aromatic rings. The Bertz CT molecular complexity index is 1490. The van der Waals surface area contributed by atoms with Crippen molar-refractivity contribution >= 4 is 35.2 Å². The molecule has 0 aliphatic carbocycles. The lowest BCUT2D eigenvalue weighted by molar-refractivity contribution is 0.0111. The third-order valence-corrected chi connectivity index (χ3v) is 8.05. The van der Waals surface area contributed by atoms with E-state index in [2.05, 4.69) is 5.32 Å². The summed E-state index contributed by atoms with van der Waals surface area (Å²) in [6.07, 6.45) is 0.160. The fourth-order valence-corrected chi connectivity index (χ4v) is 5.75. The second kappa shape index (κ2) is 12.9. The number of fused-ring (bicyclic) bond motifs is 1. The summed E-state index contributed by atoms with van der Waals surface area (Å²) in [5.74, 6) is 0.288. The van der Waals surface area contributed by atoms with Crippen molar-refractivity contribution in [1.29, 1.82) is 0 Å². The zero-order valence-corrected chi connectivity index (χ0v) is 25.6. The minimum absolute atomic E-state index is 0.0429. The van der Waals surface area contributed by atoms with Gasteiger partial charge in [0.05, 0.1) is 12.2 Å². The molecule has 43 heavy (non-hydrogen) atoms. The van der Waals surface area contributed by atoms with Crippen LogP contribution < -0.4 is 19.5 Å². The van der Waals surface area contributed by atoms with E-state index in [-0.39, 0.29) is 37.3 Å². The molecule has 3 aromatic carbocycles. The van der Waals surface area contributed by atoms with Gasteiger partial charge in [0.25, 0.3) is 5.91 Å². The summed E-state index contributed by atoms with van der Waals surface area (Å²) in [4.78, 5) is 27.7. The van der Waals surface area contributed by atoms with Crippen molar-refractivity contribution in [2.45, 2.75) is 45.3 Å². The summed E-state index contributed by atoms with van der Waals surface area (Å²) >= 11 is 12.5. The van der Waals surface area contributed by atoms with Gasteiger partial charge >= 0.3 is 6.09 Å². The second-order valence-electron chi connectivity index (χ2n) is 11.5. The van der Waals surface area contributed by atoms with Crippen molar-refractivity contribution in [2.24, 2.45) is 5.92 Å². The fourth-order valence-electron chi connectivity index (χ4n) is 5.21. The molecule has 1 saturated heterocycles. The number of benzene rings is 3. The van der Waals surface area contributed by atoms with Crippen LogP contribution in [-0.4, -0.2) is 49.0 Å². The second-order valence-corrected chi connectivity index (χ2v) is 12.3. The van der Waals surface area contributed by atoms with Crippen molar-refractivity contribution in [3.05, 3.63) is 87.2 Å². The van der Waals surface area contributed by atoms with Crippen molar-refractivity contribution in [3.63, 3.8) is 0 Å². The zero-order valence-electron chi connectivity index (χ0n) is 24.1. The van der Waals surface area contributed by atoms with Crippen LogP contribution in [0.2, 0.25) is 10.0 Å². The minimum atomic E-state index is -0.647. The Kier molecular flexibility index (Phi) is 9.22. The number of ether oxygens (including phenoxy) is 4. The molecule has 0 aromatic heterocycles. The van der Waals surface area contributed by atoms with E-state index < -0.39 is 23.4 Å². The van der Waals surface area contributed by atoms with Crippen LogP contribution in [-0.2, 0) is 11.3 Å². The maximum Gasteiger partial charge on any atom is 0.410 e. The van der Waals surface area contributed by atoms with E-state index in [9.17, 15) is 14.0 Å². The molecule has 11 heteroatoms. The normalized spacial score (nSPS) is 17.9. The Hall–Kier alpha value is -3.69. The first-order chi connectivity index (χ1) is 20.5. The highest BCUT2D eigenvalue weighted by atomic mass is 35.5. The summed E-state index contributed by atoms with van der Waals surface area (Å²) in [6, 6.07) is 14.9. The summed E-state index contributed by atoms with van der Waals surface area (Å²) in [5.41, 5.74) is 0.585. The molecular weight excluding hydrogens is 598 g/mol. The van der Waals surface area contributed by atoms with Crippen molar-refractivity contribution in [3.8, 4) is 17.2 Å². The largest absolute Gasteiger partial charge is 0.493 e. The molecule has 1 fully saturated rings. The van der Waals surface area contributed by atoms with Crippen LogP contribution in [0.15, 0.2) is 54.6 Å². The predicted molar refractivity (Wildman–Crippen MR) is 161 cm³/mol. The van der Waals surface area contributed by atoms with Gasteiger partial charge in [0.15, 0.2) is 11.5 Å². The van der Waals surface area contributed by atoms with Gasteiger partial charge in [0.1, 0.15) is 17.2 Å². The van der Waals surface area contributed by atoms with E-state index in [1.807, 2.05) is 20.8 Å². The highest BCUT2D eigenvalue weighted by Gasteiger charge is 2.35. The molecule has 0 saturated carbocycles. The lowest BCUT2D eigenvalue weighted by atomic mass is 9.80. The zero-order chi connectivity index (χ0) is 30.7. The molecule has 2 aliphatic rings. The monoisotopic (exact) mass is 630 g/mol. The average Bonchev–Trinajstić information content (AvgIpc) is 3.43. The number of nitrogens with zero attached hydrogens (tertiary/aromatic N) is 1. The van der Waals surface area contributed by atoms with E-state index in [1.165, 1.54) is 6.07 Å². The van der Waals surface area contributed by atoms with Crippen molar-refractivity contribution in [1.82, 2.24) is 10.2 Å². The van der Waals surface area contributed by atoms with Gasteiger partial charge < -0.3 is 29.2 Å². The van der Waals surface area contributed by atoms with Gasteiger partial charge in [-0.3, -0.25) is 4.79 Å². The Balaban J connectivity index is 1.35. The molecule has 5 rings (SSSR count). The van der Waals surface area contributed by atoms with Crippen LogP contribution in [0.3, 0.4) is 0 Å². The number of nitrogens with one attached hydrogen (secondary N) is 1. The number of hydrogen-bond donors (Lipinski definition) is 1. The number of carbonyl (C=O) groups excluding carboxylic acids is 2. The molecule has 0 unspecified atom stereocenters. The van der Waals surface area contributed by atoms with Gasteiger partial charge in [-0.05, 0) is 75.1 Å². The molecule has 228 valence electrons. The van der Waals surface area contributed by atoms with Crippen LogP contribution in [0.5, 0.6) is 17.2 Å². The highest BCUT2D eigenvalue weighted by Crippen LogP contribution is 2.38. The third-order valence-electron chi connectivity index (χ3n) is 7.34. The number of halogens is 3. The van der Waals surface area contributed by atoms with E-state index in [0.29, 0.717) is 52.4 Å². The minimum Gasteiger partial charge on any atom is -0.493 e. The predicted octanol–water partition coefficient (Wildman–Crippen LogP) is 7.21. The molecule has 0 spiro atoms. The average molecular weight is 632 g/mol. The Morgan fingerprint density at radius 1 is 1.05 bits per heavy atom. The Morgan fingerprint density at radius 2 is 1.79 bits per heavy atom. The van der Waals surface area contributed by atoms with Crippen LogP contribution in [0, 0.1) is 11.7 Å². The lowest BCUT2D eigenvalue weighted by Gasteiger charge is -2.39. The van der Waals surface area contributed by atoms with Crippen LogP contribution in [0.4, 0.5) is 9.18 Å². The van der Waals surface area contributed by atoms with Crippen molar-refractivity contribution in [2.75, 3.05) is 26.5 Å². The molecule has 0 bridgehead atoms. The highest BCUT2D eigenvalue weighted by molar-refractivity contribution is 6.36. The number of piperidine rings is 1. The fraction of sp³-hybridized carbons (Fsp3) is 0.375. The standard InChI is InChI=1S/C32H33Cl2FN2O6/c1-32(2,3)43-31(39)37-12-11-22(20(16-37)17-40-21-8-10-28-29(14-21)42-18-41-28)19-7-9-27(35)23(13-19)30(38)36-15-24-25(33)5-4-6-26(24)34/h4-10,13-14,20,22H,11-12,15-18H2,1-3H3,(H,36,38)/t20-,22+/m1/s1. The number of amides is 2. The molecule has 0 radical (unpaired) electrons. The Labute approximate surface area is 260 Å².